The SMILES string of the molecule is CC/C(=N\NC(=O)COc1ccccc1C#N)c1cc(F)ccc1O. The van der Waals surface area contributed by atoms with Crippen LogP contribution in [0.3, 0.4) is 0 Å². The lowest BCUT2D eigenvalue weighted by atomic mass is 10.1. The van der Waals surface area contributed by atoms with Gasteiger partial charge < -0.3 is 9.84 Å². The molecule has 128 valence electrons. The molecule has 0 saturated carbocycles. The number of carbonyl (C=O) groups excluding carboxylic acids is 1. The van der Waals surface area contributed by atoms with Crippen LogP contribution in [0.1, 0.15) is 24.5 Å². The van der Waals surface area contributed by atoms with Crippen molar-refractivity contribution in [1.82, 2.24) is 5.43 Å². The number of nitrogens with one attached hydrogen (secondary N) is 1. The molecule has 0 fully saturated rings. The summed E-state index contributed by atoms with van der Waals surface area (Å²) in [5.74, 6) is -0.899. The van der Waals surface area contributed by atoms with E-state index in [0.29, 0.717) is 23.4 Å². The Bertz CT molecular complexity index is 844. The molecule has 2 aromatic carbocycles. The highest BCUT2D eigenvalue weighted by molar-refractivity contribution is 6.03. The first-order chi connectivity index (χ1) is 12.0. The van der Waals surface area contributed by atoms with Crippen molar-refractivity contribution in [1.29, 1.82) is 5.26 Å². The van der Waals surface area contributed by atoms with Gasteiger partial charge in [0.25, 0.3) is 5.91 Å². The number of phenols is 1. The summed E-state index contributed by atoms with van der Waals surface area (Å²) in [5, 5.41) is 22.7. The zero-order chi connectivity index (χ0) is 18.2. The number of ether oxygens (including phenoxy) is 1. The average Bonchev–Trinajstić information content (AvgIpc) is 2.63. The molecule has 6 nitrogen and oxygen atoms in total. The summed E-state index contributed by atoms with van der Waals surface area (Å²) in [6, 6.07) is 12.0. The Morgan fingerprint density at radius 1 is 1.36 bits per heavy atom. The molecule has 0 aromatic heterocycles. The number of nitrogens with zero attached hydrogens (tertiary/aromatic N) is 2. The van der Waals surface area contributed by atoms with Crippen LogP contribution in [0.2, 0.25) is 0 Å². The summed E-state index contributed by atoms with van der Waals surface area (Å²) in [4.78, 5) is 11.9. The molecule has 0 aliphatic carbocycles. The van der Waals surface area contributed by atoms with Crippen molar-refractivity contribution in [3.8, 4) is 17.6 Å². The van der Waals surface area contributed by atoms with Gasteiger partial charge in [-0.1, -0.05) is 19.1 Å². The van der Waals surface area contributed by atoms with E-state index < -0.39 is 11.7 Å². The van der Waals surface area contributed by atoms with E-state index in [1.54, 1.807) is 31.2 Å². The van der Waals surface area contributed by atoms with Crippen LogP contribution in [0.4, 0.5) is 4.39 Å². The van der Waals surface area contributed by atoms with Gasteiger partial charge in [0, 0.05) is 5.56 Å². The van der Waals surface area contributed by atoms with Crippen LogP contribution in [-0.4, -0.2) is 23.3 Å². The maximum atomic E-state index is 13.3. The summed E-state index contributed by atoms with van der Waals surface area (Å²) in [6.45, 7) is 1.42. The van der Waals surface area contributed by atoms with Crippen LogP contribution in [-0.2, 0) is 4.79 Å². The number of amides is 1. The Hall–Kier alpha value is -3.40. The number of hydrogen-bond acceptors (Lipinski definition) is 5. The summed E-state index contributed by atoms with van der Waals surface area (Å²) in [5.41, 5.74) is 3.14. The van der Waals surface area contributed by atoms with Crippen molar-refractivity contribution in [2.24, 2.45) is 5.10 Å². The van der Waals surface area contributed by atoms with Crippen LogP contribution >= 0.6 is 0 Å². The molecule has 2 rings (SSSR count). The van der Waals surface area contributed by atoms with Crippen LogP contribution in [0.15, 0.2) is 47.6 Å². The van der Waals surface area contributed by atoms with E-state index in [1.807, 2.05) is 6.07 Å². The van der Waals surface area contributed by atoms with Crippen molar-refractivity contribution in [2.75, 3.05) is 6.61 Å². The molecule has 0 aliphatic heterocycles. The van der Waals surface area contributed by atoms with E-state index in [0.717, 1.165) is 12.1 Å². The monoisotopic (exact) mass is 341 g/mol. The van der Waals surface area contributed by atoms with Gasteiger partial charge in [0.05, 0.1) is 11.3 Å². The van der Waals surface area contributed by atoms with Crippen LogP contribution < -0.4 is 10.2 Å². The Balaban J connectivity index is 2.03. The fraction of sp³-hybridized carbons (Fsp3) is 0.167. The highest BCUT2D eigenvalue weighted by Gasteiger charge is 2.10. The quantitative estimate of drug-likeness (QED) is 0.624. The van der Waals surface area contributed by atoms with Crippen molar-refractivity contribution in [2.45, 2.75) is 13.3 Å². The molecular weight excluding hydrogens is 325 g/mol. The van der Waals surface area contributed by atoms with Gasteiger partial charge in [0.15, 0.2) is 6.61 Å². The minimum absolute atomic E-state index is 0.129. The van der Waals surface area contributed by atoms with Crippen molar-refractivity contribution < 1.29 is 19.0 Å². The molecule has 7 heteroatoms. The van der Waals surface area contributed by atoms with Gasteiger partial charge in [-0.15, -0.1) is 0 Å². The zero-order valence-corrected chi connectivity index (χ0v) is 13.5. The first-order valence-electron chi connectivity index (χ1n) is 7.51. The standard InChI is InChI=1S/C18H16FN3O3/c1-2-15(14-9-13(19)7-8-16(14)23)21-22-18(24)11-25-17-6-4-3-5-12(17)10-20/h3-9,23H,2,11H2,1H3,(H,22,24)/b21-15+. The Kier molecular flexibility index (Phi) is 6.07. The average molecular weight is 341 g/mol. The summed E-state index contributed by atoms with van der Waals surface area (Å²) >= 11 is 0. The van der Waals surface area contributed by atoms with E-state index in [9.17, 15) is 14.3 Å². The predicted octanol–water partition coefficient (Wildman–Crippen LogP) is 2.71. The molecule has 0 saturated heterocycles. The van der Waals surface area contributed by atoms with Gasteiger partial charge in [-0.2, -0.15) is 10.4 Å². The number of aromatic hydroxyl groups is 1. The molecule has 0 spiro atoms. The third kappa shape index (κ3) is 4.78. The number of para-hydroxylation sites is 1. The first kappa shape index (κ1) is 17.9. The smallest absolute Gasteiger partial charge is 0.277 e. The molecular formula is C18H16FN3O3. The predicted molar refractivity (Wildman–Crippen MR) is 89.7 cm³/mol. The third-order valence-electron chi connectivity index (χ3n) is 3.29. The van der Waals surface area contributed by atoms with Crippen molar-refractivity contribution in [3.05, 3.63) is 59.4 Å². The Labute approximate surface area is 144 Å². The maximum Gasteiger partial charge on any atom is 0.277 e. The Morgan fingerprint density at radius 3 is 2.84 bits per heavy atom. The number of phenolic OH excluding ortho intramolecular Hbond substituents is 1. The molecule has 2 N–H and O–H groups in total. The molecule has 0 unspecified atom stereocenters. The lowest BCUT2D eigenvalue weighted by Crippen LogP contribution is -2.26. The topological polar surface area (TPSA) is 94.7 Å². The van der Waals surface area contributed by atoms with Gasteiger partial charge in [0.2, 0.25) is 0 Å². The van der Waals surface area contributed by atoms with Crippen LogP contribution in [0, 0.1) is 17.1 Å². The van der Waals surface area contributed by atoms with Gasteiger partial charge in [-0.3, -0.25) is 4.79 Å². The second-order valence-corrected chi connectivity index (χ2v) is 5.01. The van der Waals surface area contributed by atoms with Gasteiger partial charge in [-0.25, -0.2) is 9.82 Å². The van der Waals surface area contributed by atoms with Crippen LogP contribution in [0.5, 0.6) is 11.5 Å². The minimum atomic E-state index is -0.547. The highest BCUT2D eigenvalue weighted by Crippen LogP contribution is 2.20. The van der Waals surface area contributed by atoms with E-state index in [2.05, 4.69) is 10.5 Å². The molecule has 25 heavy (non-hydrogen) atoms. The second kappa shape index (κ2) is 8.45. The molecule has 0 aliphatic rings. The summed E-state index contributed by atoms with van der Waals surface area (Å²) in [6.07, 6.45) is 0.370. The lowest BCUT2D eigenvalue weighted by Gasteiger charge is -2.09. The fourth-order valence-corrected chi connectivity index (χ4v) is 2.06. The number of halogens is 1. The minimum Gasteiger partial charge on any atom is -0.507 e. The van der Waals surface area contributed by atoms with Gasteiger partial charge in [0.1, 0.15) is 23.4 Å². The van der Waals surface area contributed by atoms with E-state index in [1.165, 1.54) is 6.07 Å². The molecule has 0 bridgehead atoms. The summed E-state index contributed by atoms with van der Waals surface area (Å²) < 4.78 is 18.6. The molecule has 0 radical (unpaired) electrons. The number of benzene rings is 2. The number of hydrogen-bond donors (Lipinski definition) is 2. The second-order valence-electron chi connectivity index (χ2n) is 5.01. The van der Waals surface area contributed by atoms with Gasteiger partial charge >= 0.3 is 0 Å². The molecule has 2 aromatic rings. The van der Waals surface area contributed by atoms with Gasteiger partial charge in [-0.05, 0) is 36.8 Å². The van der Waals surface area contributed by atoms with E-state index >= 15 is 0 Å². The van der Waals surface area contributed by atoms with E-state index in [-0.39, 0.29) is 17.9 Å². The maximum absolute atomic E-state index is 13.3. The molecule has 1 amide bonds. The fourth-order valence-electron chi connectivity index (χ4n) is 2.06. The van der Waals surface area contributed by atoms with Crippen molar-refractivity contribution in [3.63, 3.8) is 0 Å². The lowest BCUT2D eigenvalue weighted by molar-refractivity contribution is -0.123. The van der Waals surface area contributed by atoms with Crippen molar-refractivity contribution >= 4 is 11.6 Å². The number of rotatable bonds is 6. The normalized spacial score (nSPS) is 10.8. The molecule has 0 atom stereocenters. The third-order valence-corrected chi connectivity index (χ3v) is 3.29. The van der Waals surface area contributed by atoms with Crippen LogP contribution in [0.25, 0.3) is 0 Å². The number of carbonyl (C=O) groups is 1. The Morgan fingerprint density at radius 2 is 2.12 bits per heavy atom. The van der Waals surface area contributed by atoms with E-state index in [4.69, 9.17) is 10.00 Å². The largest absolute Gasteiger partial charge is 0.507 e. The number of hydrazone groups is 1. The number of nitriles is 1. The zero-order valence-electron chi connectivity index (χ0n) is 13.5. The highest BCUT2D eigenvalue weighted by atomic mass is 19.1. The summed E-state index contributed by atoms with van der Waals surface area (Å²) in [7, 11) is 0. The first-order valence-corrected chi connectivity index (χ1v) is 7.51. The molecule has 0 heterocycles.